The van der Waals surface area contributed by atoms with Gasteiger partial charge in [0.2, 0.25) is 0 Å². The van der Waals surface area contributed by atoms with E-state index in [0.29, 0.717) is 6.61 Å². The lowest BCUT2D eigenvalue weighted by atomic mass is 9.88. The standard InChI is InChI=1S/C16H27NO2/c1-4-19-15-9-6-5-8-14(15)12-17-13-16(2,3)10-7-11-18/h5-6,8-9,17-18H,4,7,10-13H2,1-3H3. The van der Waals surface area contributed by atoms with Crippen LogP contribution in [0.2, 0.25) is 0 Å². The van der Waals surface area contributed by atoms with Gasteiger partial charge in [0.25, 0.3) is 0 Å². The molecule has 0 radical (unpaired) electrons. The summed E-state index contributed by atoms with van der Waals surface area (Å²) in [6.07, 6.45) is 1.90. The highest BCUT2D eigenvalue weighted by atomic mass is 16.5. The Hall–Kier alpha value is -1.06. The average Bonchev–Trinajstić information content (AvgIpc) is 2.39. The molecule has 3 heteroatoms. The molecule has 3 nitrogen and oxygen atoms in total. The molecular formula is C16H27NO2. The van der Waals surface area contributed by atoms with Crippen LogP contribution >= 0.6 is 0 Å². The maximum atomic E-state index is 8.89. The molecule has 1 aromatic rings. The number of ether oxygens (including phenoxy) is 1. The van der Waals surface area contributed by atoms with Crippen LogP contribution in [0, 0.1) is 5.41 Å². The minimum atomic E-state index is 0.212. The maximum absolute atomic E-state index is 8.89. The molecule has 0 aromatic heterocycles. The van der Waals surface area contributed by atoms with Crippen LogP contribution in [-0.2, 0) is 6.54 Å². The van der Waals surface area contributed by atoms with Crippen molar-refractivity contribution in [2.45, 2.75) is 40.2 Å². The zero-order valence-corrected chi connectivity index (χ0v) is 12.4. The first kappa shape index (κ1) is 16.0. The van der Waals surface area contributed by atoms with Crippen LogP contribution in [0.5, 0.6) is 5.75 Å². The third kappa shape index (κ3) is 6.08. The van der Waals surface area contributed by atoms with E-state index in [9.17, 15) is 0 Å². The van der Waals surface area contributed by atoms with Crippen molar-refractivity contribution in [2.75, 3.05) is 19.8 Å². The van der Waals surface area contributed by atoms with Gasteiger partial charge < -0.3 is 15.2 Å². The van der Waals surface area contributed by atoms with E-state index in [0.717, 1.165) is 31.7 Å². The minimum absolute atomic E-state index is 0.212. The Bertz CT molecular complexity index is 364. The summed E-state index contributed by atoms with van der Waals surface area (Å²) in [5.41, 5.74) is 1.41. The zero-order valence-electron chi connectivity index (χ0n) is 12.4. The van der Waals surface area contributed by atoms with Gasteiger partial charge >= 0.3 is 0 Å². The highest BCUT2D eigenvalue weighted by molar-refractivity contribution is 5.33. The molecule has 0 amide bonds. The monoisotopic (exact) mass is 265 g/mol. The average molecular weight is 265 g/mol. The van der Waals surface area contributed by atoms with Gasteiger partial charge in [-0.3, -0.25) is 0 Å². The Morgan fingerprint density at radius 3 is 2.68 bits per heavy atom. The normalized spacial score (nSPS) is 11.6. The Labute approximate surface area is 117 Å². The number of aliphatic hydroxyl groups excluding tert-OH is 1. The fourth-order valence-corrected chi connectivity index (χ4v) is 2.13. The molecule has 0 fully saturated rings. The molecule has 0 heterocycles. The van der Waals surface area contributed by atoms with Gasteiger partial charge in [-0.1, -0.05) is 32.0 Å². The van der Waals surface area contributed by atoms with E-state index in [4.69, 9.17) is 9.84 Å². The second-order valence-electron chi connectivity index (χ2n) is 5.64. The molecule has 0 saturated carbocycles. The van der Waals surface area contributed by atoms with Crippen molar-refractivity contribution < 1.29 is 9.84 Å². The largest absolute Gasteiger partial charge is 0.494 e. The Balaban J connectivity index is 2.44. The van der Waals surface area contributed by atoms with Crippen molar-refractivity contribution in [1.82, 2.24) is 5.32 Å². The van der Waals surface area contributed by atoms with Crippen LogP contribution in [0.3, 0.4) is 0 Å². The van der Waals surface area contributed by atoms with Crippen molar-refractivity contribution in [1.29, 1.82) is 0 Å². The summed E-state index contributed by atoms with van der Waals surface area (Å²) in [5.74, 6) is 0.964. The van der Waals surface area contributed by atoms with Gasteiger partial charge in [-0.15, -0.1) is 0 Å². The van der Waals surface area contributed by atoms with E-state index in [1.807, 2.05) is 25.1 Å². The predicted octanol–water partition coefficient (Wildman–Crippen LogP) is 2.97. The van der Waals surface area contributed by atoms with E-state index in [2.05, 4.69) is 25.2 Å². The Kier molecular flexibility index (Phi) is 6.89. The number of hydrogen-bond donors (Lipinski definition) is 2. The minimum Gasteiger partial charge on any atom is -0.494 e. The van der Waals surface area contributed by atoms with Gasteiger partial charge in [-0.25, -0.2) is 0 Å². The molecule has 0 atom stereocenters. The highest BCUT2D eigenvalue weighted by Gasteiger charge is 2.16. The lowest BCUT2D eigenvalue weighted by Gasteiger charge is -2.25. The quantitative estimate of drug-likeness (QED) is 0.721. The van der Waals surface area contributed by atoms with Crippen LogP contribution in [0.1, 0.15) is 39.2 Å². The molecule has 1 rings (SSSR count). The van der Waals surface area contributed by atoms with E-state index >= 15 is 0 Å². The van der Waals surface area contributed by atoms with E-state index in [1.54, 1.807) is 0 Å². The Morgan fingerprint density at radius 1 is 1.26 bits per heavy atom. The lowest BCUT2D eigenvalue weighted by molar-refractivity contribution is 0.236. The van der Waals surface area contributed by atoms with Gasteiger partial charge in [0.1, 0.15) is 5.75 Å². The van der Waals surface area contributed by atoms with E-state index < -0.39 is 0 Å². The molecule has 1 aromatic carbocycles. The van der Waals surface area contributed by atoms with Crippen molar-refractivity contribution in [3.63, 3.8) is 0 Å². The number of nitrogens with one attached hydrogen (secondary N) is 1. The second-order valence-corrected chi connectivity index (χ2v) is 5.64. The van der Waals surface area contributed by atoms with Crippen LogP contribution in [-0.4, -0.2) is 24.9 Å². The van der Waals surface area contributed by atoms with Crippen molar-refractivity contribution in [2.24, 2.45) is 5.41 Å². The zero-order chi connectivity index (χ0) is 14.1. The molecule has 0 saturated heterocycles. The lowest BCUT2D eigenvalue weighted by Crippen LogP contribution is -2.29. The number of rotatable bonds is 9. The van der Waals surface area contributed by atoms with Crippen LogP contribution in [0.25, 0.3) is 0 Å². The summed E-state index contributed by atoms with van der Waals surface area (Å²) in [5, 5.41) is 12.4. The first-order valence-corrected chi connectivity index (χ1v) is 7.11. The fraction of sp³-hybridized carbons (Fsp3) is 0.625. The molecule has 0 bridgehead atoms. The fourth-order valence-electron chi connectivity index (χ4n) is 2.13. The number of aliphatic hydroxyl groups is 1. The van der Waals surface area contributed by atoms with Gasteiger partial charge in [0.05, 0.1) is 6.61 Å². The van der Waals surface area contributed by atoms with Crippen molar-refractivity contribution >= 4 is 0 Å². The maximum Gasteiger partial charge on any atom is 0.123 e. The van der Waals surface area contributed by atoms with Crippen LogP contribution < -0.4 is 10.1 Å². The van der Waals surface area contributed by atoms with Crippen LogP contribution in [0.15, 0.2) is 24.3 Å². The number of para-hydroxylation sites is 1. The third-order valence-electron chi connectivity index (χ3n) is 3.20. The molecule has 0 aliphatic rings. The predicted molar refractivity (Wildman–Crippen MR) is 79.4 cm³/mol. The molecule has 108 valence electrons. The number of benzene rings is 1. The summed E-state index contributed by atoms with van der Waals surface area (Å²) in [4.78, 5) is 0. The van der Waals surface area contributed by atoms with Gasteiger partial charge in [0.15, 0.2) is 0 Å². The van der Waals surface area contributed by atoms with E-state index in [1.165, 1.54) is 5.56 Å². The number of hydrogen-bond acceptors (Lipinski definition) is 3. The second kappa shape index (κ2) is 8.18. The van der Waals surface area contributed by atoms with E-state index in [-0.39, 0.29) is 12.0 Å². The molecule has 0 aliphatic carbocycles. The summed E-state index contributed by atoms with van der Waals surface area (Å²) in [6.45, 7) is 9.18. The smallest absolute Gasteiger partial charge is 0.123 e. The van der Waals surface area contributed by atoms with Crippen molar-refractivity contribution in [3.05, 3.63) is 29.8 Å². The third-order valence-corrected chi connectivity index (χ3v) is 3.20. The topological polar surface area (TPSA) is 41.5 Å². The molecule has 0 spiro atoms. The summed E-state index contributed by atoms with van der Waals surface area (Å²) in [6, 6.07) is 8.15. The molecule has 2 N–H and O–H groups in total. The first-order valence-electron chi connectivity index (χ1n) is 7.11. The SMILES string of the molecule is CCOc1ccccc1CNCC(C)(C)CCCO. The molecule has 0 unspecified atom stereocenters. The van der Waals surface area contributed by atoms with Crippen LogP contribution in [0.4, 0.5) is 0 Å². The Morgan fingerprint density at radius 2 is 2.00 bits per heavy atom. The summed E-state index contributed by atoms with van der Waals surface area (Å²) >= 11 is 0. The summed E-state index contributed by atoms with van der Waals surface area (Å²) in [7, 11) is 0. The summed E-state index contributed by atoms with van der Waals surface area (Å²) < 4.78 is 5.61. The van der Waals surface area contributed by atoms with Gasteiger partial charge in [-0.2, -0.15) is 0 Å². The van der Waals surface area contributed by atoms with Gasteiger partial charge in [0, 0.05) is 25.3 Å². The molecular weight excluding hydrogens is 238 g/mol. The molecule has 0 aliphatic heterocycles. The van der Waals surface area contributed by atoms with Gasteiger partial charge in [-0.05, 0) is 31.2 Å². The highest BCUT2D eigenvalue weighted by Crippen LogP contribution is 2.22. The first-order chi connectivity index (χ1) is 9.09. The van der Waals surface area contributed by atoms with Crippen molar-refractivity contribution in [3.8, 4) is 5.75 Å². The molecule has 19 heavy (non-hydrogen) atoms.